The molecular weight excluding hydrogens is 604 g/mol. The molecule has 1 unspecified atom stereocenters. The summed E-state index contributed by atoms with van der Waals surface area (Å²) in [4.78, 5) is 40.7. The molecule has 9 heteroatoms. The Labute approximate surface area is 279 Å². The van der Waals surface area contributed by atoms with Gasteiger partial charge in [0, 0.05) is 42.7 Å². The number of carbonyl (C=O) groups excluding carboxylic acids is 2. The molecule has 4 aromatic carbocycles. The Morgan fingerprint density at radius 2 is 1.27 bits per heavy atom. The molecule has 0 saturated carbocycles. The lowest BCUT2D eigenvalue weighted by Gasteiger charge is -2.22. The number of amides is 2. The zero-order valence-corrected chi connectivity index (χ0v) is 27.2. The first kappa shape index (κ1) is 29.9. The summed E-state index contributed by atoms with van der Waals surface area (Å²) >= 11 is 0. The van der Waals surface area contributed by atoms with Crippen molar-refractivity contribution in [2.75, 3.05) is 30.6 Å². The number of fused-ring (bicyclic) bond motifs is 8. The molecule has 9 nitrogen and oxygen atoms in total. The summed E-state index contributed by atoms with van der Waals surface area (Å²) in [6.45, 7) is 2.59. The van der Waals surface area contributed by atoms with E-state index in [2.05, 4.69) is 19.1 Å². The highest BCUT2D eigenvalue weighted by Gasteiger charge is 2.38. The van der Waals surface area contributed by atoms with Crippen LogP contribution in [0.2, 0.25) is 0 Å². The SMILES string of the molecule is COc1cc2c(cc1OCCCC(C)c1cc3c(cc1OC)C(=O)N1c4ccccc4C[C@H]1C=N3)N=C[C@@H]1Cc3ccccc3N1C2=O. The van der Waals surface area contributed by atoms with Crippen LogP contribution in [0.25, 0.3) is 0 Å². The van der Waals surface area contributed by atoms with Gasteiger partial charge in [-0.15, -0.1) is 0 Å². The molecule has 4 aliphatic rings. The molecule has 0 fully saturated rings. The summed E-state index contributed by atoms with van der Waals surface area (Å²) in [5.74, 6) is 1.68. The maximum absolute atomic E-state index is 13.8. The van der Waals surface area contributed by atoms with Crippen LogP contribution in [-0.2, 0) is 12.8 Å². The quantitative estimate of drug-likeness (QED) is 0.189. The second-order valence-corrected chi connectivity index (χ2v) is 12.7. The molecule has 0 aliphatic carbocycles. The van der Waals surface area contributed by atoms with Crippen LogP contribution in [0.1, 0.15) is 63.1 Å². The molecule has 242 valence electrons. The smallest absolute Gasteiger partial charge is 0.261 e. The third kappa shape index (κ3) is 4.92. The number of aliphatic imine (C=N–C) groups is 2. The van der Waals surface area contributed by atoms with E-state index >= 15 is 0 Å². The number of nitrogens with zero attached hydrogens (tertiary/aromatic N) is 4. The molecule has 0 radical (unpaired) electrons. The van der Waals surface area contributed by atoms with Gasteiger partial charge < -0.3 is 14.2 Å². The van der Waals surface area contributed by atoms with Crippen molar-refractivity contribution in [1.29, 1.82) is 0 Å². The fourth-order valence-electron chi connectivity index (χ4n) is 7.43. The van der Waals surface area contributed by atoms with Crippen LogP contribution in [0.15, 0.2) is 82.8 Å². The minimum atomic E-state index is -0.123. The summed E-state index contributed by atoms with van der Waals surface area (Å²) in [6, 6.07) is 23.2. The lowest BCUT2D eigenvalue weighted by Crippen LogP contribution is -2.37. The molecule has 0 aromatic heterocycles. The maximum atomic E-state index is 13.8. The molecule has 0 spiro atoms. The number of anilines is 2. The number of benzene rings is 4. The number of carbonyl (C=O) groups is 2. The average molecular weight is 641 g/mol. The Hall–Kier alpha value is -5.44. The number of ether oxygens (including phenoxy) is 3. The monoisotopic (exact) mass is 640 g/mol. The Kier molecular flexibility index (Phi) is 7.47. The van der Waals surface area contributed by atoms with Crippen molar-refractivity contribution >= 4 is 47.0 Å². The van der Waals surface area contributed by atoms with Crippen LogP contribution in [0.3, 0.4) is 0 Å². The topological polar surface area (TPSA) is 93.0 Å². The first-order chi connectivity index (χ1) is 23.4. The predicted molar refractivity (Wildman–Crippen MR) is 187 cm³/mol. The highest BCUT2D eigenvalue weighted by Crippen LogP contribution is 2.43. The van der Waals surface area contributed by atoms with E-state index in [1.807, 2.05) is 70.8 Å². The summed E-state index contributed by atoms with van der Waals surface area (Å²) in [5, 5.41) is 0. The summed E-state index contributed by atoms with van der Waals surface area (Å²) in [5.41, 5.74) is 7.44. The van der Waals surface area contributed by atoms with Gasteiger partial charge in [-0.05, 0) is 65.8 Å². The fraction of sp³-hybridized carbons (Fsp3) is 0.282. The van der Waals surface area contributed by atoms with Crippen LogP contribution in [0, 0.1) is 0 Å². The van der Waals surface area contributed by atoms with Crippen LogP contribution < -0.4 is 24.0 Å². The van der Waals surface area contributed by atoms with Gasteiger partial charge in [-0.1, -0.05) is 43.3 Å². The normalized spacial score (nSPS) is 19.0. The van der Waals surface area contributed by atoms with Crippen molar-refractivity contribution in [3.8, 4) is 17.2 Å². The van der Waals surface area contributed by atoms with Crippen molar-refractivity contribution in [3.05, 3.63) is 101 Å². The third-order valence-electron chi connectivity index (χ3n) is 9.89. The molecule has 3 atom stereocenters. The molecule has 0 N–H and O–H groups in total. The number of hydrogen-bond acceptors (Lipinski definition) is 7. The molecule has 8 rings (SSSR count). The highest BCUT2D eigenvalue weighted by atomic mass is 16.5. The standard InChI is InChI=1S/C39H36N4O5/c1-23(28-17-31-29(18-35(28)46-2)38(44)42-26(21-40-31)15-24-10-4-6-12-33(24)42)9-8-14-48-37-20-32-30(19-36(37)47-3)39(45)43-27(22-41-32)16-25-11-5-7-13-34(25)43/h4-7,10-13,17-23,26-27H,8-9,14-16H2,1-3H3/t23?,26-,27-/m0/s1. The Morgan fingerprint density at radius 3 is 1.85 bits per heavy atom. The van der Waals surface area contributed by atoms with Crippen molar-refractivity contribution in [3.63, 3.8) is 0 Å². The van der Waals surface area contributed by atoms with Crippen LogP contribution in [0.5, 0.6) is 17.2 Å². The summed E-state index contributed by atoms with van der Waals surface area (Å²) < 4.78 is 17.7. The predicted octanol–water partition coefficient (Wildman–Crippen LogP) is 7.24. The molecule has 48 heavy (non-hydrogen) atoms. The van der Waals surface area contributed by atoms with E-state index in [-0.39, 0.29) is 29.8 Å². The van der Waals surface area contributed by atoms with E-state index in [0.29, 0.717) is 46.4 Å². The van der Waals surface area contributed by atoms with Gasteiger partial charge in [-0.25, -0.2) is 0 Å². The zero-order valence-electron chi connectivity index (χ0n) is 27.2. The molecule has 4 aliphatic heterocycles. The molecule has 4 aromatic rings. The van der Waals surface area contributed by atoms with Gasteiger partial charge >= 0.3 is 0 Å². The van der Waals surface area contributed by atoms with Crippen molar-refractivity contribution < 1.29 is 23.8 Å². The second kappa shape index (κ2) is 12.0. The van der Waals surface area contributed by atoms with Gasteiger partial charge in [-0.3, -0.25) is 29.4 Å². The van der Waals surface area contributed by atoms with E-state index in [0.717, 1.165) is 53.7 Å². The number of para-hydroxylation sites is 2. The molecule has 0 bridgehead atoms. The maximum Gasteiger partial charge on any atom is 0.261 e. The van der Waals surface area contributed by atoms with Gasteiger partial charge in [0.05, 0.1) is 55.4 Å². The number of rotatable bonds is 8. The van der Waals surface area contributed by atoms with Gasteiger partial charge in [0.1, 0.15) is 5.75 Å². The van der Waals surface area contributed by atoms with Gasteiger partial charge in [0.2, 0.25) is 0 Å². The van der Waals surface area contributed by atoms with Crippen molar-refractivity contribution in [2.45, 2.75) is 50.6 Å². The zero-order chi connectivity index (χ0) is 32.9. The van der Waals surface area contributed by atoms with Crippen LogP contribution in [-0.4, -0.2) is 57.2 Å². The first-order valence-electron chi connectivity index (χ1n) is 16.4. The highest BCUT2D eigenvalue weighted by molar-refractivity contribution is 6.15. The number of methoxy groups -OCH3 is 2. The van der Waals surface area contributed by atoms with Gasteiger partial charge in [-0.2, -0.15) is 0 Å². The fourth-order valence-corrected chi connectivity index (χ4v) is 7.43. The number of hydrogen-bond donors (Lipinski definition) is 0. The lowest BCUT2D eigenvalue weighted by molar-refractivity contribution is 0.0979. The third-order valence-corrected chi connectivity index (χ3v) is 9.89. The van der Waals surface area contributed by atoms with E-state index in [1.54, 1.807) is 26.4 Å². The first-order valence-corrected chi connectivity index (χ1v) is 16.4. The average Bonchev–Trinajstić information content (AvgIpc) is 3.60. The summed E-state index contributed by atoms with van der Waals surface area (Å²) in [6.07, 6.45) is 6.82. The van der Waals surface area contributed by atoms with E-state index in [1.165, 1.54) is 0 Å². The Morgan fingerprint density at radius 1 is 0.729 bits per heavy atom. The minimum Gasteiger partial charge on any atom is -0.496 e. The van der Waals surface area contributed by atoms with E-state index < -0.39 is 0 Å². The van der Waals surface area contributed by atoms with E-state index in [4.69, 9.17) is 24.2 Å². The van der Waals surface area contributed by atoms with E-state index in [9.17, 15) is 9.59 Å². The molecule has 0 saturated heterocycles. The van der Waals surface area contributed by atoms with Gasteiger partial charge in [0.25, 0.3) is 11.8 Å². The Balaban J connectivity index is 0.965. The van der Waals surface area contributed by atoms with Gasteiger partial charge in [0.15, 0.2) is 11.5 Å². The lowest BCUT2D eigenvalue weighted by atomic mass is 9.93. The van der Waals surface area contributed by atoms with Crippen molar-refractivity contribution in [2.24, 2.45) is 9.98 Å². The molecular formula is C39H36N4O5. The minimum absolute atomic E-state index is 0.0608. The second-order valence-electron chi connectivity index (χ2n) is 12.7. The van der Waals surface area contributed by atoms with Crippen molar-refractivity contribution in [1.82, 2.24) is 0 Å². The van der Waals surface area contributed by atoms with Crippen LogP contribution in [0.4, 0.5) is 22.7 Å². The molecule has 4 heterocycles. The summed E-state index contributed by atoms with van der Waals surface area (Å²) in [7, 11) is 3.22. The largest absolute Gasteiger partial charge is 0.496 e. The Bertz CT molecular complexity index is 2020. The molecule has 2 amide bonds. The van der Waals surface area contributed by atoms with Crippen LogP contribution >= 0.6 is 0 Å².